The minimum absolute atomic E-state index is 0.0475. The van der Waals surface area contributed by atoms with E-state index in [0.717, 1.165) is 44.1 Å². The van der Waals surface area contributed by atoms with Crippen molar-refractivity contribution in [1.29, 1.82) is 0 Å². The predicted octanol–water partition coefficient (Wildman–Crippen LogP) is 2.00. The number of carboxylic acid groups (broad SMARTS) is 1. The normalized spacial score (nSPS) is 48.6. The number of hydrogen-bond acceptors (Lipinski definition) is 7. The van der Waals surface area contributed by atoms with Crippen molar-refractivity contribution in [2.45, 2.75) is 95.0 Å². The fourth-order valence-corrected chi connectivity index (χ4v) is 12.3. The second-order valence-electron chi connectivity index (χ2n) is 14.8. The molecule has 5 aliphatic carbocycles. The van der Waals surface area contributed by atoms with Gasteiger partial charge in [-0.1, -0.05) is 13.0 Å². The first-order valence-corrected chi connectivity index (χ1v) is 16.6. The summed E-state index contributed by atoms with van der Waals surface area (Å²) in [6, 6.07) is 0. The van der Waals surface area contributed by atoms with Crippen molar-refractivity contribution in [3.05, 3.63) is 23.4 Å². The summed E-state index contributed by atoms with van der Waals surface area (Å²) in [7, 11) is 1.70. The third-order valence-electron chi connectivity index (χ3n) is 13.7. The Morgan fingerprint density at radius 3 is 2.74 bits per heavy atom. The molecule has 11 atom stereocenters. The lowest BCUT2D eigenvalue weighted by Crippen LogP contribution is -2.73. The van der Waals surface area contributed by atoms with Crippen LogP contribution >= 0.6 is 0 Å². The fourth-order valence-electron chi connectivity index (χ4n) is 12.3. The number of ether oxygens (including phenoxy) is 1. The van der Waals surface area contributed by atoms with E-state index in [9.17, 15) is 25.2 Å². The van der Waals surface area contributed by atoms with E-state index in [1.807, 2.05) is 4.90 Å². The van der Waals surface area contributed by atoms with Gasteiger partial charge in [-0.15, -0.1) is 0 Å². The van der Waals surface area contributed by atoms with Crippen LogP contribution < -0.4 is 11.1 Å². The standard InChI is InChI=1S/C33H50N4O6/c1-19-3-6-21-15-23-27(28(40)41)33(42,26-8-5-20-4-7-22(39)16-24(20)43-26)25-9-10-30(17-36-12-14-38)11-13-37(29(34)35-2)18-31(21,30)32(19,23)25/h11,13,19-22,24-26,36,38-39,42H,3-10,12,14-18H2,1-2H3,(H2,34,35)(H,40,41)/t19-,20-,21-,22-,24-,25+,26+,30+,31-,32+,33+/m1/s1. The van der Waals surface area contributed by atoms with E-state index in [2.05, 4.69) is 29.5 Å². The van der Waals surface area contributed by atoms with Crippen molar-refractivity contribution >= 4 is 11.9 Å². The van der Waals surface area contributed by atoms with Gasteiger partial charge in [0.15, 0.2) is 5.96 Å². The molecule has 0 amide bonds. The average molecular weight is 599 g/mol. The maximum Gasteiger partial charge on any atom is 0.334 e. The molecular weight excluding hydrogens is 548 g/mol. The first-order chi connectivity index (χ1) is 20.6. The smallest absolute Gasteiger partial charge is 0.334 e. The molecule has 0 aromatic heterocycles. The number of fused-ring (bicyclic) bond motifs is 1. The van der Waals surface area contributed by atoms with Crippen LogP contribution in [-0.4, -0.2) is 94.5 Å². The predicted molar refractivity (Wildman–Crippen MR) is 161 cm³/mol. The molecule has 7 aliphatic rings. The molecule has 7 N–H and O–H groups in total. The van der Waals surface area contributed by atoms with Crippen molar-refractivity contribution in [3.8, 4) is 0 Å². The Morgan fingerprint density at radius 1 is 1.21 bits per heavy atom. The van der Waals surface area contributed by atoms with Crippen LogP contribution in [0.1, 0.15) is 71.1 Å². The lowest BCUT2D eigenvalue weighted by Gasteiger charge is -2.71. The molecule has 4 saturated carbocycles. The number of aliphatic carboxylic acids is 1. The highest BCUT2D eigenvalue weighted by Gasteiger charge is 2.83. The largest absolute Gasteiger partial charge is 0.478 e. The van der Waals surface area contributed by atoms with Gasteiger partial charge in [0, 0.05) is 55.0 Å². The Hall–Kier alpha value is -1.98. The Kier molecular flexibility index (Phi) is 7.10. The van der Waals surface area contributed by atoms with Gasteiger partial charge in [0.05, 0.1) is 30.5 Å². The zero-order valence-corrected chi connectivity index (χ0v) is 25.7. The highest BCUT2D eigenvalue weighted by molar-refractivity contribution is 5.92. The van der Waals surface area contributed by atoms with E-state index in [-0.39, 0.29) is 46.9 Å². The Bertz CT molecular complexity index is 1250. The van der Waals surface area contributed by atoms with Gasteiger partial charge < -0.3 is 41.1 Å². The third-order valence-corrected chi connectivity index (χ3v) is 13.7. The molecule has 43 heavy (non-hydrogen) atoms. The van der Waals surface area contributed by atoms with Crippen molar-refractivity contribution in [1.82, 2.24) is 10.2 Å². The van der Waals surface area contributed by atoms with Crippen LogP contribution in [-0.2, 0) is 9.53 Å². The van der Waals surface area contributed by atoms with E-state index in [0.29, 0.717) is 57.2 Å². The first-order valence-electron chi connectivity index (χ1n) is 16.6. The number of nitrogens with zero attached hydrogens (tertiary/aromatic N) is 2. The Balaban J connectivity index is 1.41. The van der Waals surface area contributed by atoms with E-state index < -0.39 is 29.2 Å². The van der Waals surface area contributed by atoms with E-state index >= 15 is 0 Å². The maximum atomic E-state index is 13.5. The summed E-state index contributed by atoms with van der Waals surface area (Å²) in [4.78, 5) is 19.9. The molecule has 0 aromatic rings. The first kappa shape index (κ1) is 29.7. The number of nitrogens with one attached hydrogen (secondary N) is 1. The molecule has 5 fully saturated rings. The monoisotopic (exact) mass is 598 g/mol. The average Bonchev–Trinajstić information content (AvgIpc) is 3.34. The molecular formula is C33H50N4O6. The second-order valence-corrected chi connectivity index (χ2v) is 14.8. The van der Waals surface area contributed by atoms with Crippen LogP contribution in [0.5, 0.6) is 0 Å². The molecule has 2 bridgehead atoms. The number of aliphatic imine (C=N–C) groups is 1. The van der Waals surface area contributed by atoms with Crippen LogP contribution in [0.4, 0.5) is 0 Å². The molecule has 0 unspecified atom stereocenters. The lowest BCUT2D eigenvalue weighted by molar-refractivity contribution is -0.247. The van der Waals surface area contributed by atoms with Crippen molar-refractivity contribution in [2.75, 3.05) is 33.3 Å². The molecule has 10 heteroatoms. The summed E-state index contributed by atoms with van der Waals surface area (Å²) < 4.78 is 6.76. The van der Waals surface area contributed by atoms with Gasteiger partial charge in [0.1, 0.15) is 5.60 Å². The zero-order valence-electron chi connectivity index (χ0n) is 25.7. The minimum Gasteiger partial charge on any atom is -0.478 e. The lowest BCUT2D eigenvalue weighted by atomic mass is 9.35. The zero-order chi connectivity index (χ0) is 30.4. The molecule has 2 aliphatic heterocycles. The molecule has 2 spiro atoms. The van der Waals surface area contributed by atoms with Gasteiger partial charge in [-0.2, -0.15) is 0 Å². The fraction of sp³-hybridized carbons (Fsp3) is 0.818. The quantitative estimate of drug-likeness (QED) is 0.153. The van der Waals surface area contributed by atoms with Gasteiger partial charge in [0.25, 0.3) is 0 Å². The molecule has 1 saturated heterocycles. The summed E-state index contributed by atoms with van der Waals surface area (Å²) in [6.45, 7) is 4.12. The number of carboxylic acids is 1. The molecule has 10 nitrogen and oxygen atoms in total. The summed E-state index contributed by atoms with van der Waals surface area (Å²) in [5.74, 6) is -0.138. The van der Waals surface area contributed by atoms with Gasteiger partial charge in [-0.05, 0) is 87.5 Å². The molecule has 238 valence electrons. The molecule has 7 rings (SSSR count). The maximum absolute atomic E-state index is 13.5. The highest BCUT2D eigenvalue weighted by Crippen LogP contribution is 2.84. The van der Waals surface area contributed by atoms with Gasteiger partial charge >= 0.3 is 5.97 Å². The van der Waals surface area contributed by atoms with Crippen LogP contribution in [0.2, 0.25) is 0 Å². The van der Waals surface area contributed by atoms with Crippen LogP contribution in [0.3, 0.4) is 0 Å². The van der Waals surface area contributed by atoms with E-state index in [4.69, 9.17) is 10.5 Å². The Labute approximate surface area is 254 Å². The topological polar surface area (TPSA) is 161 Å². The minimum atomic E-state index is -1.61. The summed E-state index contributed by atoms with van der Waals surface area (Å²) in [6.07, 6.45) is 11.0. The third kappa shape index (κ3) is 3.64. The molecule has 2 heterocycles. The summed E-state index contributed by atoms with van der Waals surface area (Å²) in [5, 5.41) is 47.9. The molecule has 0 radical (unpaired) electrons. The van der Waals surface area contributed by atoms with Gasteiger partial charge in [-0.25, -0.2) is 4.79 Å². The van der Waals surface area contributed by atoms with E-state index in [1.54, 1.807) is 7.05 Å². The number of carbonyl (C=O) groups is 1. The van der Waals surface area contributed by atoms with Gasteiger partial charge in [0.2, 0.25) is 0 Å². The van der Waals surface area contributed by atoms with Crippen LogP contribution in [0.25, 0.3) is 0 Å². The number of hydrogen-bond donors (Lipinski definition) is 6. The van der Waals surface area contributed by atoms with E-state index in [1.165, 1.54) is 0 Å². The van der Waals surface area contributed by atoms with Gasteiger partial charge in [-0.3, -0.25) is 4.99 Å². The molecule has 0 aromatic carbocycles. The Morgan fingerprint density at radius 2 is 2.00 bits per heavy atom. The highest BCUT2D eigenvalue weighted by atomic mass is 16.5. The number of nitrogens with two attached hydrogens (primary N) is 1. The number of allylic oxidation sites excluding steroid dienone is 1. The second kappa shape index (κ2) is 10.3. The summed E-state index contributed by atoms with van der Waals surface area (Å²) >= 11 is 0. The van der Waals surface area contributed by atoms with Crippen molar-refractivity contribution < 1.29 is 30.0 Å². The van der Waals surface area contributed by atoms with Crippen LogP contribution in [0.15, 0.2) is 28.4 Å². The SMILES string of the molecule is CN=C(N)N1C=C[C@]2(CNCCO)CC[C@@H]3[C@](O)([C@@H]4CC[C@H]5CC[C@@H](O)C[C@H]5O4)C(C(=O)O)=C4C[C@H]5CC[C@@H](C)[C@]43[C@]52C1. The van der Waals surface area contributed by atoms with Crippen molar-refractivity contribution in [2.24, 2.45) is 50.6 Å². The van der Waals surface area contributed by atoms with Crippen molar-refractivity contribution in [3.63, 3.8) is 0 Å². The number of aliphatic hydroxyl groups excluding tert-OH is 2. The summed E-state index contributed by atoms with van der Waals surface area (Å²) in [5.41, 5.74) is 4.79. The number of rotatable bonds is 6. The number of aliphatic hydroxyl groups is 3. The number of guanidine groups is 1. The van der Waals surface area contributed by atoms with Crippen LogP contribution in [0, 0.1) is 39.9 Å².